The van der Waals surface area contributed by atoms with Gasteiger partial charge in [-0.15, -0.1) is 0 Å². The van der Waals surface area contributed by atoms with Crippen LogP contribution in [0.1, 0.15) is 66.2 Å². The zero-order chi connectivity index (χ0) is 12.6. The summed E-state index contributed by atoms with van der Waals surface area (Å²) in [6, 6.07) is 0. The summed E-state index contributed by atoms with van der Waals surface area (Å²) in [5.74, 6) is 0.537. The van der Waals surface area contributed by atoms with E-state index in [9.17, 15) is 10.2 Å². The second kappa shape index (κ2) is 9.00. The highest BCUT2D eigenvalue weighted by Crippen LogP contribution is 2.31. The molecule has 2 nitrogen and oxygen atoms in total. The normalized spacial score (nSPS) is 19.1. The highest BCUT2D eigenvalue weighted by atomic mass is 16.3. The number of aliphatic hydroxyl groups excluding tert-OH is 2. The van der Waals surface area contributed by atoms with Crippen molar-refractivity contribution in [1.82, 2.24) is 0 Å². The smallest absolute Gasteiger partial charge is 0.0569 e. The summed E-state index contributed by atoms with van der Waals surface area (Å²) in [7, 11) is 0. The third-order valence-electron chi connectivity index (χ3n) is 3.62. The molecule has 0 aliphatic carbocycles. The van der Waals surface area contributed by atoms with Crippen LogP contribution < -0.4 is 0 Å². The third kappa shape index (κ3) is 4.84. The van der Waals surface area contributed by atoms with E-state index < -0.39 is 0 Å². The second-order valence-corrected chi connectivity index (χ2v) is 4.86. The van der Waals surface area contributed by atoms with E-state index in [2.05, 4.69) is 13.8 Å². The van der Waals surface area contributed by atoms with Gasteiger partial charge in [-0.05, 0) is 37.5 Å². The predicted molar refractivity (Wildman–Crippen MR) is 69.4 cm³/mol. The van der Waals surface area contributed by atoms with Crippen LogP contribution in [-0.2, 0) is 0 Å². The first-order chi connectivity index (χ1) is 7.62. The Labute approximate surface area is 101 Å². The molecule has 0 saturated carbocycles. The lowest BCUT2D eigenvalue weighted by Crippen LogP contribution is -2.35. The van der Waals surface area contributed by atoms with Crippen LogP contribution in [0.15, 0.2) is 0 Å². The van der Waals surface area contributed by atoms with Crippen molar-refractivity contribution in [3.05, 3.63) is 0 Å². The van der Waals surface area contributed by atoms with Gasteiger partial charge in [0.1, 0.15) is 0 Å². The Bertz CT molecular complexity index is 141. The van der Waals surface area contributed by atoms with Gasteiger partial charge < -0.3 is 10.2 Å². The molecule has 2 heteroatoms. The van der Waals surface area contributed by atoms with E-state index in [1.165, 1.54) is 0 Å². The fraction of sp³-hybridized carbons (Fsp3) is 1.00. The topological polar surface area (TPSA) is 40.5 Å². The van der Waals surface area contributed by atoms with Crippen LogP contribution in [0.4, 0.5) is 0 Å². The molecule has 98 valence electrons. The number of rotatable bonds is 9. The molecule has 0 radical (unpaired) electrons. The lowest BCUT2D eigenvalue weighted by atomic mass is 9.77. The molecule has 0 rings (SSSR count). The second-order valence-electron chi connectivity index (χ2n) is 4.86. The quantitative estimate of drug-likeness (QED) is 0.637. The van der Waals surface area contributed by atoms with Crippen LogP contribution in [0, 0.1) is 11.8 Å². The molecule has 0 aromatic heterocycles. The van der Waals surface area contributed by atoms with Gasteiger partial charge in [-0.2, -0.15) is 0 Å². The molecule has 4 unspecified atom stereocenters. The largest absolute Gasteiger partial charge is 0.393 e. The van der Waals surface area contributed by atoms with Crippen molar-refractivity contribution in [2.45, 2.75) is 78.4 Å². The van der Waals surface area contributed by atoms with Crippen molar-refractivity contribution in [1.29, 1.82) is 0 Å². The van der Waals surface area contributed by atoms with Gasteiger partial charge in [0.05, 0.1) is 12.2 Å². The minimum absolute atomic E-state index is 0.252. The number of hydrogen-bond donors (Lipinski definition) is 2. The highest BCUT2D eigenvalue weighted by molar-refractivity contribution is 4.80. The molecule has 4 atom stereocenters. The molecule has 0 fully saturated rings. The molecule has 0 bridgehead atoms. The van der Waals surface area contributed by atoms with Crippen molar-refractivity contribution in [3.63, 3.8) is 0 Å². The summed E-state index contributed by atoms with van der Waals surface area (Å²) < 4.78 is 0. The van der Waals surface area contributed by atoms with E-state index in [4.69, 9.17) is 0 Å². The molecule has 0 amide bonds. The predicted octanol–water partition coefficient (Wildman–Crippen LogP) is 3.36. The third-order valence-corrected chi connectivity index (χ3v) is 3.62. The van der Waals surface area contributed by atoms with E-state index >= 15 is 0 Å². The molecule has 0 aliphatic heterocycles. The summed E-state index contributed by atoms with van der Waals surface area (Å²) in [6.45, 7) is 8.34. The number of aliphatic hydroxyl groups is 2. The summed E-state index contributed by atoms with van der Waals surface area (Å²) in [5, 5.41) is 20.2. The van der Waals surface area contributed by atoms with E-state index in [1.807, 2.05) is 13.8 Å². The SMILES string of the molecule is CCCC(C(O)CC)C(CCC)C(O)CC. The molecule has 0 saturated heterocycles. The molecule has 0 spiro atoms. The average molecular weight is 230 g/mol. The van der Waals surface area contributed by atoms with Crippen molar-refractivity contribution in [2.24, 2.45) is 11.8 Å². The lowest BCUT2D eigenvalue weighted by molar-refractivity contribution is -0.00437. The van der Waals surface area contributed by atoms with Crippen LogP contribution >= 0.6 is 0 Å². The fourth-order valence-electron chi connectivity index (χ4n) is 2.66. The van der Waals surface area contributed by atoms with E-state index in [0.717, 1.165) is 38.5 Å². The maximum absolute atomic E-state index is 10.1. The Kier molecular flexibility index (Phi) is 8.96. The first kappa shape index (κ1) is 15.9. The summed E-state index contributed by atoms with van der Waals surface area (Å²) in [4.78, 5) is 0. The zero-order valence-corrected chi connectivity index (χ0v) is 11.4. The Morgan fingerprint density at radius 2 is 1.00 bits per heavy atom. The highest BCUT2D eigenvalue weighted by Gasteiger charge is 2.30. The Morgan fingerprint density at radius 3 is 1.19 bits per heavy atom. The van der Waals surface area contributed by atoms with Gasteiger partial charge in [0.2, 0.25) is 0 Å². The Balaban J connectivity index is 4.63. The van der Waals surface area contributed by atoms with E-state index in [0.29, 0.717) is 0 Å². The van der Waals surface area contributed by atoms with Gasteiger partial charge in [0.15, 0.2) is 0 Å². The first-order valence-corrected chi connectivity index (χ1v) is 6.98. The Hall–Kier alpha value is -0.0800. The Morgan fingerprint density at radius 1 is 0.688 bits per heavy atom. The van der Waals surface area contributed by atoms with Gasteiger partial charge >= 0.3 is 0 Å². The molecule has 0 aromatic carbocycles. The molecule has 0 aromatic rings. The van der Waals surface area contributed by atoms with Crippen molar-refractivity contribution in [3.8, 4) is 0 Å². The van der Waals surface area contributed by atoms with Crippen LogP contribution in [0.3, 0.4) is 0 Å². The lowest BCUT2D eigenvalue weighted by Gasteiger charge is -2.33. The fourth-order valence-corrected chi connectivity index (χ4v) is 2.66. The summed E-state index contributed by atoms with van der Waals surface area (Å²) >= 11 is 0. The monoisotopic (exact) mass is 230 g/mol. The molecular weight excluding hydrogens is 200 g/mol. The first-order valence-electron chi connectivity index (χ1n) is 6.98. The molecule has 0 aliphatic rings. The van der Waals surface area contributed by atoms with E-state index in [-0.39, 0.29) is 24.0 Å². The molecule has 16 heavy (non-hydrogen) atoms. The molecule has 2 N–H and O–H groups in total. The van der Waals surface area contributed by atoms with Crippen molar-refractivity contribution in [2.75, 3.05) is 0 Å². The number of hydrogen-bond acceptors (Lipinski definition) is 2. The van der Waals surface area contributed by atoms with Crippen LogP contribution in [0.5, 0.6) is 0 Å². The average Bonchev–Trinajstić information content (AvgIpc) is 2.31. The van der Waals surface area contributed by atoms with E-state index in [1.54, 1.807) is 0 Å². The zero-order valence-electron chi connectivity index (χ0n) is 11.4. The van der Waals surface area contributed by atoms with Gasteiger partial charge in [-0.3, -0.25) is 0 Å². The minimum Gasteiger partial charge on any atom is -0.393 e. The van der Waals surface area contributed by atoms with Crippen LogP contribution in [0.25, 0.3) is 0 Å². The minimum atomic E-state index is -0.252. The van der Waals surface area contributed by atoms with Gasteiger partial charge in [-0.1, -0.05) is 40.5 Å². The van der Waals surface area contributed by atoms with Gasteiger partial charge in [0.25, 0.3) is 0 Å². The standard InChI is InChI=1S/C14H30O2/c1-5-9-11(13(15)7-3)12(10-6-2)14(16)8-4/h11-16H,5-10H2,1-4H3. The van der Waals surface area contributed by atoms with Gasteiger partial charge in [-0.25, -0.2) is 0 Å². The van der Waals surface area contributed by atoms with Crippen molar-refractivity contribution >= 4 is 0 Å². The van der Waals surface area contributed by atoms with Crippen LogP contribution in [0.2, 0.25) is 0 Å². The maximum atomic E-state index is 10.1. The maximum Gasteiger partial charge on any atom is 0.0569 e. The van der Waals surface area contributed by atoms with Crippen molar-refractivity contribution < 1.29 is 10.2 Å². The molecule has 0 heterocycles. The summed E-state index contributed by atoms with van der Waals surface area (Å²) in [6.07, 6.45) is 5.29. The molecular formula is C14H30O2. The van der Waals surface area contributed by atoms with Crippen LogP contribution in [-0.4, -0.2) is 22.4 Å². The summed E-state index contributed by atoms with van der Waals surface area (Å²) in [5.41, 5.74) is 0. The van der Waals surface area contributed by atoms with Gasteiger partial charge in [0, 0.05) is 0 Å².